The van der Waals surface area contributed by atoms with E-state index < -0.39 is 10.0 Å². The molecule has 0 spiro atoms. The van der Waals surface area contributed by atoms with Crippen LogP contribution in [0, 0.1) is 0 Å². The van der Waals surface area contributed by atoms with E-state index in [1.54, 1.807) is 19.3 Å². The number of aryl methyl sites for hydroxylation is 1. The van der Waals surface area contributed by atoms with Crippen molar-refractivity contribution in [3.63, 3.8) is 0 Å². The second-order valence-corrected chi connectivity index (χ2v) is 7.65. The molecule has 0 aromatic carbocycles. The Morgan fingerprint density at radius 2 is 2.22 bits per heavy atom. The molecule has 2 aromatic rings. The van der Waals surface area contributed by atoms with E-state index in [1.807, 2.05) is 16.8 Å². The molecule has 0 radical (unpaired) electrons. The Hall–Kier alpha value is -2.00. The van der Waals surface area contributed by atoms with Gasteiger partial charge in [0.1, 0.15) is 5.69 Å². The molecule has 0 aliphatic carbocycles. The molecule has 0 fully saturated rings. The molecule has 8 nitrogen and oxygen atoms in total. The van der Waals surface area contributed by atoms with Crippen LogP contribution in [0.4, 0.5) is 5.69 Å². The summed E-state index contributed by atoms with van der Waals surface area (Å²) in [6, 6.07) is 3.77. The number of sulfonamides is 1. The Labute approximate surface area is 135 Å². The first-order chi connectivity index (χ1) is 11.1. The van der Waals surface area contributed by atoms with Crippen molar-refractivity contribution in [2.24, 2.45) is 0 Å². The van der Waals surface area contributed by atoms with Crippen LogP contribution in [0.5, 0.6) is 0 Å². The topological polar surface area (TPSA) is 93.0 Å². The van der Waals surface area contributed by atoms with E-state index in [4.69, 9.17) is 0 Å². The van der Waals surface area contributed by atoms with E-state index in [1.165, 1.54) is 4.31 Å². The second-order valence-electron chi connectivity index (χ2n) is 5.39. The molecule has 0 saturated carbocycles. The lowest BCUT2D eigenvalue weighted by Crippen LogP contribution is -2.32. The smallest absolute Gasteiger partial charge is 0.214 e. The standard InChI is InChI=1S/C14H20N6O2S/c1-2-23(21,22)19-7-4-8-20-14(11-19)13(17-18-20)10-16-12-5-3-6-15-9-12/h3,5-6,9,16H,2,4,7-8,10-11H2,1H3. The highest BCUT2D eigenvalue weighted by Gasteiger charge is 2.26. The van der Waals surface area contributed by atoms with Crippen LogP contribution in [0.1, 0.15) is 24.7 Å². The molecule has 1 aliphatic rings. The minimum Gasteiger partial charge on any atom is -0.378 e. The Morgan fingerprint density at radius 1 is 1.35 bits per heavy atom. The third-order valence-corrected chi connectivity index (χ3v) is 5.73. The fourth-order valence-electron chi connectivity index (χ4n) is 2.57. The number of nitrogens with one attached hydrogen (secondary N) is 1. The van der Waals surface area contributed by atoms with Crippen molar-refractivity contribution in [3.8, 4) is 0 Å². The number of hydrogen-bond acceptors (Lipinski definition) is 6. The van der Waals surface area contributed by atoms with E-state index in [0.29, 0.717) is 26.2 Å². The van der Waals surface area contributed by atoms with Gasteiger partial charge in [-0.15, -0.1) is 5.10 Å². The number of aromatic nitrogens is 4. The van der Waals surface area contributed by atoms with Gasteiger partial charge in [0, 0.05) is 25.5 Å². The predicted molar refractivity (Wildman–Crippen MR) is 86.1 cm³/mol. The van der Waals surface area contributed by atoms with Gasteiger partial charge in [-0.1, -0.05) is 5.21 Å². The summed E-state index contributed by atoms with van der Waals surface area (Å²) in [6.07, 6.45) is 4.18. The molecule has 23 heavy (non-hydrogen) atoms. The largest absolute Gasteiger partial charge is 0.378 e. The summed E-state index contributed by atoms with van der Waals surface area (Å²) in [7, 11) is -3.22. The van der Waals surface area contributed by atoms with Crippen LogP contribution in [0.2, 0.25) is 0 Å². The fraction of sp³-hybridized carbons (Fsp3) is 0.500. The van der Waals surface area contributed by atoms with Crippen molar-refractivity contribution in [3.05, 3.63) is 35.9 Å². The lowest BCUT2D eigenvalue weighted by molar-refractivity contribution is 0.409. The molecule has 3 rings (SSSR count). The summed E-state index contributed by atoms with van der Waals surface area (Å²) in [5.74, 6) is 0.109. The average molecular weight is 336 g/mol. The SMILES string of the molecule is CCS(=O)(=O)N1CCCn2nnc(CNc3cccnc3)c2C1. The van der Waals surface area contributed by atoms with E-state index in [9.17, 15) is 8.42 Å². The summed E-state index contributed by atoms with van der Waals surface area (Å²) in [5.41, 5.74) is 2.52. The molecule has 0 unspecified atom stereocenters. The lowest BCUT2D eigenvalue weighted by atomic mass is 10.3. The van der Waals surface area contributed by atoms with Gasteiger partial charge in [-0.2, -0.15) is 4.31 Å². The normalized spacial score (nSPS) is 15.9. The number of nitrogens with zero attached hydrogens (tertiary/aromatic N) is 5. The summed E-state index contributed by atoms with van der Waals surface area (Å²) in [5, 5.41) is 11.6. The molecule has 1 aliphatic heterocycles. The first-order valence-corrected chi connectivity index (χ1v) is 9.24. The second kappa shape index (κ2) is 6.63. The lowest BCUT2D eigenvalue weighted by Gasteiger charge is -2.18. The van der Waals surface area contributed by atoms with Gasteiger partial charge in [-0.25, -0.2) is 13.1 Å². The van der Waals surface area contributed by atoms with Crippen molar-refractivity contribution in [1.82, 2.24) is 24.3 Å². The minimum atomic E-state index is -3.22. The van der Waals surface area contributed by atoms with E-state index >= 15 is 0 Å². The summed E-state index contributed by atoms with van der Waals surface area (Å²) in [6.45, 7) is 3.69. The van der Waals surface area contributed by atoms with Crippen molar-refractivity contribution in [1.29, 1.82) is 0 Å². The number of fused-ring (bicyclic) bond motifs is 1. The van der Waals surface area contributed by atoms with Crippen LogP contribution >= 0.6 is 0 Å². The molecule has 3 heterocycles. The fourth-order valence-corrected chi connectivity index (χ4v) is 3.67. The number of anilines is 1. The molecule has 0 atom stereocenters. The van der Waals surface area contributed by atoms with Crippen molar-refractivity contribution >= 4 is 15.7 Å². The zero-order chi connectivity index (χ0) is 16.3. The van der Waals surface area contributed by atoms with Gasteiger partial charge in [0.15, 0.2) is 0 Å². The molecule has 2 aromatic heterocycles. The van der Waals surface area contributed by atoms with Crippen LogP contribution in [0.25, 0.3) is 0 Å². The summed E-state index contributed by atoms with van der Waals surface area (Å²) < 4.78 is 27.7. The van der Waals surface area contributed by atoms with Gasteiger partial charge in [0.25, 0.3) is 0 Å². The molecule has 0 bridgehead atoms. The maximum atomic E-state index is 12.2. The molecule has 1 N–H and O–H groups in total. The number of rotatable bonds is 5. The number of hydrogen-bond donors (Lipinski definition) is 1. The highest BCUT2D eigenvalue weighted by Crippen LogP contribution is 2.18. The molecule has 0 amide bonds. The highest BCUT2D eigenvalue weighted by atomic mass is 32.2. The van der Waals surface area contributed by atoms with Crippen molar-refractivity contribution in [2.75, 3.05) is 17.6 Å². The Bertz CT molecular complexity index is 759. The van der Waals surface area contributed by atoms with Gasteiger partial charge in [-0.05, 0) is 25.5 Å². The van der Waals surface area contributed by atoms with E-state index in [2.05, 4.69) is 20.6 Å². The molecular formula is C14H20N6O2S. The maximum absolute atomic E-state index is 12.2. The van der Waals surface area contributed by atoms with Gasteiger partial charge >= 0.3 is 0 Å². The predicted octanol–water partition coefficient (Wildman–Crippen LogP) is 0.841. The van der Waals surface area contributed by atoms with E-state index in [-0.39, 0.29) is 5.75 Å². The summed E-state index contributed by atoms with van der Waals surface area (Å²) in [4.78, 5) is 4.05. The Morgan fingerprint density at radius 3 is 2.96 bits per heavy atom. The minimum absolute atomic E-state index is 0.109. The van der Waals surface area contributed by atoms with E-state index in [0.717, 1.165) is 23.5 Å². The van der Waals surface area contributed by atoms with Crippen molar-refractivity contribution < 1.29 is 8.42 Å². The summed E-state index contributed by atoms with van der Waals surface area (Å²) >= 11 is 0. The van der Waals surface area contributed by atoms with Gasteiger partial charge < -0.3 is 5.32 Å². The molecule has 124 valence electrons. The first-order valence-electron chi connectivity index (χ1n) is 7.63. The maximum Gasteiger partial charge on any atom is 0.214 e. The highest BCUT2D eigenvalue weighted by molar-refractivity contribution is 7.89. The average Bonchev–Trinajstić information content (AvgIpc) is 2.81. The zero-order valence-electron chi connectivity index (χ0n) is 13.0. The van der Waals surface area contributed by atoms with Crippen LogP contribution in [-0.4, -0.2) is 45.0 Å². The third-order valence-electron chi connectivity index (χ3n) is 3.90. The molecule has 0 saturated heterocycles. The Kier molecular flexibility index (Phi) is 4.58. The van der Waals surface area contributed by atoms with Crippen LogP contribution < -0.4 is 5.32 Å². The third kappa shape index (κ3) is 3.50. The van der Waals surface area contributed by atoms with Crippen LogP contribution in [0.3, 0.4) is 0 Å². The monoisotopic (exact) mass is 336 g/mol. The van der Waals surface area contributed by atoms with Gasteiger partial charge in [-0.3, -0.25) is 4.98 Å². The van der Waals surface area contributed by atoms with Crippen LogP contribution in [0.15, 0.2) is 24.5 Å². The zero-order valence-corrected chi connectivity index (χ0v) is 13.8. The quantitative estimate of drug-likeness (QED) is 0.870. The van der Waals surface area contributed by atoms with Gasteiger partial charge in [0.05, 0.1) is 30.2 Å². The molecular weight excluding hydrogens is 316 g/mol. The number of pyridine rings is 1. The van der Waals surface area contributed by atoms with Crippen molar-refractivity contribution in [2.45, 2.75) is 33.0 Å². The first kappa shape index (κ1) is 15.9. The molecule has 9 heteroatoms. The van der Waals surface area contributed by atoms with Gasteiger partial charge in [0.2, 0.25) is 10.0 Å². The Balaban J connectivity index is 1.79. The van der Waals surface area contributed by atoms with Crippen LogP contribution in [-0.2, 0) is 29.7 Å².